The van der Waals surface area contributed by atoms with Crippen molar-refractivity contribution in [1.29, 1.82) is 0 Å². The first-order chi connectivity index (χ1) is 9.90. The lowest BCUT2D eigenvalue weighted by Gasteiger charge is -2.25. The summed E-state index contributed by atoms with van der Waals surface area (Å²) in [7, 11) is -3.48. The van der Waals surface area contributed by atoms with Crippen LogP contribution in [0.25, 0.3) is 0 Å². The van der Waals surface area contributed by atoms with E-state index in [4.69, 9.17) is 5.73 Å². The van der Waals surface area contributed by atoms with Crippen molar-refractivity contribution in [1.82, 2.24) is 4.31 Å². The molecule has 1 rings (SSSR count). The van der Waals surface area contributed by atoms with Crippen LogP contribution in [0.5, 0.6) is 0 Å². The Labute approximate surface area is 136 Å². The normalized spacial score (nSPS) is 12.3. The SMILES string of the molecule is CCC(CC)CN(CC)S(=O)(=O)c1ccc(CN)cc1Br. The first-order valence-electron chi connectivity index (χ1n) is 7.39. The van der Waals surface area contributed by atoms with Crippen LogP contribution in [-0.4, -0.2) is 25.8 Å². The highest BCUT2D eigenvalue weighted by molar-refractivity contribution is 9.10. The molecule has 0 spiro atoms. The van der Waals surface area contributed by atoms with Crippen molar-refractivity contribution in [3.63, 3.8) is 0 Å². The Morgan fingerprint density at radius 1 is 1.24 bits per heavy atom. The van der Waals surface area contributed by atoms with E-state index < -0.39 is 10.0 Å². The Morgan fingerprint density at radius 2 is 1.86 bits per heavy atom. The van der Waals surface area contributed by atoms with E-state index in [9.17, 15) is 8.42 Å². The molecule has 1 aromatic carbocycles. The Bertz CT molecular complexity index is 557. The molecule has 21 heavy (non-hydrogen) atoms. The molecule has 2 N–H and O–H groups in total. The van der Waals surface area contributed by atoms with Gasteiger partial charge in [0.2, 0.25) is 10.0 Å². The number of benzene rings is 1. The van der Waals surface area contributed by atoms with Gasteiger partial charge in [-0.2, -0.15) is 4.31 Å². The molecule has 0 heterocycles. The lowest BCUT2D eigenvalue weighted by molar-refractivity contribution is 0.339. The zero-order valence-electron chi connectivity index (χ0n) is 13.0. The largest absolute Gasteiger partial charge is 0.326 e. The third kappa shape index (κ3) is 4.52. The van der Waals surface area contributed by atoms with Crippen LogP contribution >= 0.6 is 15.9 Å². The molecular weight excluding hydrogens is 352 g/mol. The smallest absolute Gasteiger partial charge is 0.244 e. The first kappa shape index (κ1) is 18.6. The molecule has 1 aromatic rings. The van der Waals surface area contributed by atoms with Crippen LogP contribution in [-0.2, 0) is 16.6 Å². The van der Waals surface area contributed by atoms with Crippen molar-refractivity contribution in [2.45, 2.75) is 45.1 Å². The Hall–Kier alpha value is -0.430. The molecule has 0 aliphatic rings. The fourth-order valence-electron chi connectivity index (χ4n) is 2.25. The Kier molecular flexibility index (Phi) is 7.33. The predicted molar refractivity (Wildman–Crippen MR) is 90.5 cm³/mol. The van der Waals surface area contributed by atoms with Gasteiger partial charge in [0.15, 0.2) is 0 Å². The molecule has 0 amide bonds. The molecule has 0 atom stereocenters. The van der Waals surface area contributed by atoms with Gasteiger partial charge in [-0.25, -0.2) is 8.42 Å². The summed E-state index contributed by atoms with van der Waals surface area (Å²) in [5.74, 6) is 0.391. The number of sulfonamides is 1. The van der Waals surface area contributed by atoms with Gasteiger partial charge in [0.25, 0.3) is 0 Å². The fourth-order valence-corrected chi connectivity index (χ4v) is 4.86. The van der Waals surface area contributed by atoms with E-state index in [0.29, 0.717) is 34.9 Å². The maximum atomic E-state index is 12.8. The second-order valence-corrected chi connectivity index (χ2v) is 7.87. The number of nitrogens with zero attached hydrogens (tertiary/aromatic N) is 1. The van der Waals surface area contributed by atoms with Crippen molar-refractivity contribution in [3.8, 4) is 0 Å². The molecule has 4 nitrogen and oxygen atoms in total. The first-order valence-corrected chi connectivity index (χ1v) is 9.62. The van der Waals surface area contributed by atoms with Crippen LogP contribution in [0.1, 0.15) is 39.2 Å². The van der Waals surface area contributed by atoms with Crippen LogP contribution in [0.2, 0.25) is 0 Å². The number of hydrogen-bond donors (Lipinski definition) is 1. The van der Waals surface area contributed by atoms with E-state index in [1.165, 1.54) is 0 Å². The van der Waals surface area contributed by atoms with Gasteiger partial charge >= 0.3 is 0 Å². The minimum Gasteiger partial charge on any atom is -0.326 e. The summed E-state index contributed by atoms with van der Waals surface area (Å²) in [6.07, 6.45) is 1.96. The lowest BCUT2D eigenvalue weighted by atomic mass is 10.0. The summed E-state index contributed by atoms with van der Waals surface area (Å²) in [6.45, 7) is 7.51. The molecule has 0 radical (unpaired) electrons. The van der Waals surface area contributed by atoms with E-state index in [1.807, 2.05) is 6.92 Å². The van der Waals surface area contributed by atoms with E-state index in [-0.39, 0.29) is 0 Å². The van der Waals surface area contributed by atoms with Gasteiger partial charge in [0.1, 0.15) is 0 Å². The molecule has 0 saturated carbocycles. The highest BCUT2D eigenvalue weighted by atomic mass is 79.9. The van der Waals surface area contributed by atoms with Gasteiger partial charge < -0.3 is 5.73 Å². The molecular formula is C15H25BrN2O2S. The van der Waals surface area contributed by atoms with E-state index in [2.05, 4.69) is 29.8 Å². The minimum absolute atomic E-state index is 0.313. The highest BCUT2D eigenvalue weighted by Gasteiger charge is 2.26. The van der Waals surface area contributed by atoms with Gasteiger partial charge in [-0.1, -0.05) is 39.7 Å². The highest BCUT2D eigenvalue weighted by Crippen LogP contribution is 2.27. The molecule has 120 valence electrons. The standard InChI is InChI=1S/C15H25BrN2O2S/c1-4-12(5-2)11-18(6-3)21(19,20)15-8-7-13(10-17)9-14(15)16/h7-9,12H,4-6,10-11,17H2,1-3H3. The van der Waals surface area contributed by atoms with Gasteiger partial charge in [0.05, 0.1) is 4.90 Å². The summed E-state index contributed by atoms with van der Waals surface area (Å²) in [4.78, 5) is 0.313. The average molecular weight is 377 g/mol. The zero-order chi connectivity index (χ0) is 16.0. The van der Waals surface area contributed by atoms with Gasteiger partial charge in [0, 0.05) is 24.1 Å². The van der Waals surface area contributed by atoms with Crippen LogP contribution in [0, 0.1) is 5.92 Å². The second-order valence-electron chi connectivity index (χ2n) is 5.11. The van der Waals surface area contributed by atoms with Crippen LogP contribution < -0.4 is 5.73 Å². The molecule has 0 aliphatic heterocycles. The number of nitrogens with two attached hydrogens (primary N) is 1. The monoisotopic (exact) mass is 376 g/mol. The molecule has 0 saturated heterocycles. The number of hydrogen-bond acceptors (Lipinski definition) is 3. The van der Waals surface area contributed by atoms with Crippen molar-refractivity contribution < 1.29 is 8.42 Å². The average Bonchev–Trinajstić information content (AvgIpc) is 2.47. The van der Waals surface area contributed by atoms with E-state index >= 15 is 0 Å². The summed E-state index contributed by atoms with van der Waals surface area (Å²) in [5, 5.41) is 0. The summed E-state index contributed by atoms with van der Waals surface area (Å²) < 4.78 is 27.8. The molecule has 6 heteroatoms. The van der Waals surface area contributed by atoms with Gasteiger partial charge in [-0.05, 0) is 39.5 Å². The van der Waals surface area contributed by atoms with Gasteiger partial charge in [-0.15, -0.1) is 0 Å². The summed E-state index contributed by atoms with van der Waals surface area (Å²) in [5.41, 5.74) is 6.49. The predicted octanol–water partition coefficient (Wildman–Crippen LogP) is 3.35. The van der Waals surface area contributed by atoms with Crippen molar-refractivity contribution in [2.75, 3.05) is 13.1 Å². The van der Waals surface area contributed by atoms with Crippen molar-refractivity contribution in [2.24, 2.45) is 11.7 Å². The zero-order valence-corrected chi connectivity index (χ0v) is 15.4. The van der Waals surface area contributed by atoms with Crippen LogP contribution in [0.4, 0.5) is 0 Å². The molecule has 0 aromatic heterocycles. The van der Waals surface area contributed by atoms with Crippen molar-refractivity contribution in [3.05, 3.63) is 28.2 Å². The van der Waals surface area contributed by atoms with Crippen LogP contribution in [0.15, 0.2) is 27.6 Å². The van der Waals surface area contributed by atoms with Crippen LogP contribution in [0.3, 0.4) is 0 Å². The van der Waals surface area contributed by atoms with Crippen molar-refractivity contribution >= 4 is 26.0 Å². The van der Waals surface area contributed by atoms with E-state index in [1.54, 1.807) is 22.5 Å². The van der Waals surface area contributed by atoms with E-state index in [0.717, 1.165) is 18.4 Å². The maximum absolute atomic E-state index is 12.8. The summed E-state index contributed by atoms with van der Waals surface area (Å²) in [6, 6.07) is 5.18. The maximum Gasteiger partial charge on any atom is 0.244 e. The second kappa shape index (κ2) is 8.27. The lowest BCUT2D eigenvalue weighted by Crippen LogP contribution is -2.35. The molecule has 0 bridgehead atoms. The summed E-state index contributed by atoms with van der Waals surface area (Å²) >= 11 is 3.36. The third-order valence-corrected chi connectivity index (χ3v) is 6.74. The third-order valence-electron chi connectivity index (χ3n) is 3.82. The molecule has 0 fully saturated rings. The molecule has 0 aliphatic carbocycles. The Balaban J connectivity index is 3.12. The number of rotatable bonds is 8. The Morgan fingerprint density at radius 3 is 2.29 bits per heavy atom. The minimum atomic E-state index is -3.48. The topological polar surface area (TPSA) is 63.4 Å². The molecule has 0 unspecified atom stereocenters. The fraction of sp³-hybridized carbons (Fsp3) is 0.600. The number of halogens is 1. The van der Waals surface area contributed by atoms with Gasteiger partial charge in [-0.3, -0.25) is 0 Å². The quantitative estimate of drug-likeness (QED) is 0.756.